The van der Waals surface area contributed by atoms with Gasteiger partial charge in [0.05, 0.1) is 0 Å². The van der Waals surface area contributed by atoms with Crippen LogP contribution in [-0.2, 0) is 5.33 Å². The highest BCUT2D eigenvalue weighted by Gasteiger charge is 2.05. The summed E-state index contributed by atoms with van der Waals surface area (Å²) >= 11 is 9.20. The van der Waals surface area contributed by atoms with Crippen LogP contribution in [0.15, 0.2) is 18.2 Å². The van der Waals surface area contributed by atoms with Gasteiger partial charge in [-0.2, -0.15) is 0 Å². The molecule has 0 saturated heterocycles. The number of benzene rings is 1. The molecule has 1 nitrogen and oxygen atoms in total. The van der Waals surface area contributed by atoms with Crippen LogP contribution < -0.4 is 4.74 Å². The Bertz CT molecular complexity index is 280. The summed E-state index contributed by atoms with van der Waals surface area (Å²) in [6.07, 6.45) is 0. The lowest BCUT2D eigenvalue weighted by Gasteiger charge is -2.09. The first-order chi connectivity index (χ1) is 6.29. The van der Waals surface area contributed by atoms with Gasteiger partial charge < -0.3 is 4.74 Å². The Balaban J connectivity index is 2.85. The second kappa shape index (κ2) is 5.45. The fourth-order valence-corrected chi connectivity index (χ4v) is 1.92. The van der Waals surface area contributed by atoms with E-state index < -0.39 is 6.67 Å². The van der Waals surface area contributed by atoms with Crippen LogP contribution in [0.1, 0.15) is 5.56 Å². The molecule has 13 heavy (non-hydrogen) atoms. The van der Waals surface area contributed by atoms with E-state index >= 15 is 0 Å². The van der Waals surface area contributed by atoms with Crippen molar-refractivity contribution in [2.45, 2.75) is 5.33 Å². The molecule has 0 saturated carbocycles. The molecule has 0 N–H and O–H groups in total. The molecule has 0 spiro atoms. The van der Waals surface area contributed by atoms with Crippen molar-refractivity contribution in [3.63, 3.8) is 0 Å². The molecule has 0 heterocycles. The minimum Gasteiger partial charge on any atom is -0.490 e. The van der Waals surface area contributed by atoms with Crippen molar-refractivity contribution in [3.8, 4) is 5.75 Å². The molecular formula is C9H9BrClFO. The molecule has 4 heteroatoms. The topological polar surface area (TPSA) is 9.23 Å². The maximum absolute atomic E-state index is 11.8. The summed E-state index contributed by atoms with van der Waals surface area (Å²) in [7, 11) is 0. The lowest BCUT2D eigenvalue weighted by Crippen LogP contribution is -2.00. The summed E-state index contributed by atoms with van der Waals surface area (Å²) in [6, 6.07) is 5.33. The van der Waals surface area contributed by atoms with Gasteiger partial charge in [0.2, 0.25) is 0 Å². The second-order valence-electron chi connectivity index (χ2n) is 2.39. The van der Waals surface area contributed by atoms with E-state index in [1.54, 1.807) is 18.2 Å². The number of alkyl halides is 2. The van der Waals surface area contributed by atoms with E-state index in [4.69, 9.17) is 16.3 Å². The lowest BCUT2D eigenvalue weighted by atomic mass is 10.2. The molecule has 0 aliphatic rings. The van der Waals surface area contributed by atoms with Gasteiger partial charge >= 0.3 is 0 Å². The molecule has 1 aromatic carbocycles. The smallest absolute Gasteiger partial charge is 0.124 e. The van der Waals surface area contributed by atoms with Crippen molar-refractivity contribution >= 4 is 27.5 Å². The molecule has 0 fully saturated rings. The first kappa shape index (κ1) is 10.8. The van der Waals surface area contributed by atoms with Crippen LogP contribution in [0.4, 0.5) is 4.39 Å². The standard InChI is InChI=1S/C9H9BrClFO/c10-6-7-8(11)2-1-3-9(7)13-5-4-12/h1-3H,4-6H2. The van der Waals surface area contributed by atoms with Crippen molar-refractivity contribution < 1.29 is 9.13 Å². The van der Waals surface area contributed by atoms with E-state index in [9.17, 15) is 4.39 Å². The average molecular weight is 268 g/mol. The molecule has 72 valence electrons. The Morgan fingerprint density at radius 2 is 2.23 bits per heavy atom. The Hall–Kier alpha value is -0.280. The highest BCUT2D eigenvalue weighted by atomic mass is 79.9. The van der Waals surface area contributed by atoms with E-state index in [1.165, 1.54) is 0 Å². The molecule has 0 atom stereocenters. The van der Waals surface area contributed by atoms with Gasteiger partial charge in [-0.05, 0) is 12.1 Å². The molecule has 0 unspecified atom stereocenters. The summed E-state index contributed by atoms with van der Waals surface area (Å²) in [4.78, 5) is 0. The van der Waals surface area contributed by atoms with Crippen molar-refractivity contribution in [1.82, 2.24) is 0 Å². The Morgan fingerprint density at radius 1 is 1.46 bits per heavy atom. The van der Waals surface area contributed by atoms with Gasteiger partial charge in [-0.3, -0.25) is 0 Å². The van der Waals surface area contributed by atoms with Crippen LogP contribution in [0.3, 0.4) is 0 Å². The maximum Gasteiger partial charge on any atom is 0.124 e. The van der Waals surface area contributed by atoms with Crippen LogP contribution in [0.25, 0.3) is 0 Å². The largest absolute Gasteiger partial charge is 0.490 e. The molecule has 0 aliphatic carbocycles. The molecule has 0 amide bonds. The van der Waals surface area contributed by atoms with E-state index in [-0.39, 0.29) is 6.61 Å². The third-order valence-corrected chi connectivity index (χ3v) is 2.46. The van der Waals surface area contributed by atoms with Gasteiger partial charge in [0.1, 0.15) is 19.0 Å². The molecule has 1 aromatic rings. The zero-order valence-electron chi connectivity index (χ0n) is 6.90. The number of ether oxygens (including phenoxy) is 1. The molecule has 0 aromatic heterocycles. The Labute approximate surface area is 90.0 Å². The maximum atomic E-state index is 11.8. The summed E-state index contributed by atoms with van der Waals surface area (Å²) in [6.45, 7) is -0.422. The minimum absolute atomic E-state index is 0.0698. The van der Waals surface area contributed by atoms with E-state index in [1.807, 2.05) is 0 Å². The van der Waals surface area contributed by atoms with Gasteiger partial charge in [-0.15, -0.1) is 0 Å². The monoisotopic (exact) mass is 266 g/mol. The van der Waals surface area contributed by atoms with Crippen molar-refractivity contribution in [2.24, 2.45) is 0 Å². The summed E-state index contributed by atoms with van der Waals surface area (Å²) < 4.78 is 17.0. The molecule has 0 radical (unpaired) electrons. The normalized spacial score (nSPS) is 10.1. The molecule has 1 rings (SSSR count). The van der Waals surface area contributed by atoms with Gasteiger partial charge in [0, 0.05) is 15.9 Å². The highest BCUT2D eigenvalue weighted by Crippen LogP contribution is 2.28. The fourth-order valence-electron chi connectivity index (χ4n) is 0.952. The zero-order valence-corrected chi connectivity index (χ0v) is 9.24. The second-order valence-corrected chi connectivity index (χ2v) is 3.36. The van der Waals surface area contributed by atoms with Crippen molar-refractivity contribution in [2.75, 3.05) is 13.3 Å². The van der Waals surface area contributed by atoms with Gasteiger partial charge in [0.25, 0.3) is 0 Å². The third kappa shape index (κ3) is 2.85. The van der Waals surface area contributed by atoms with Crippen LogP contribution in [0.2, 0.25) is 5.02 Å². The van der Waals surface area contributed by atoms with Crippen LogP contribution >= 0.6 is 27.5 Å². The summed E-state index contributed by atoms with van der Waals surface area (Å²) in [5.41, 5.74) is 0.859. The summed E-state index contributed by atoms with van der Waals surface area (Å²) in [5, 5.41) is 1.24. The van der Waals surface area contributed by atoms with Crippen LogP contribution in [-0.4, -0.2) is 13.3 Å². The first-order valence-corrected chi connectivity index (χ1v) is 5.31. The highest BCUT2D eigenvalue weighted by molar-refractivity contribution is 9.08. The SMILES string of the molecule is FCCOc1cccc(Cl)c1CBr. The van der Waals surface area contributed by atoms with Gasteiger partial charge in [-0.1, -0.05) is 33.6 Å². The lowest BCUT2D eigenvalue weighted by molar-refractivity contribution is 0.272. The summed E-state index contributed by atoms with van der Waals surface area (Å²) in [5.74, 6) is 0.641. The number of hydrogen-bond donors (Lipinski definition) is 0. The van der Waals surface area contributed by atoms with Crippen LogP contribution in [0, 0.1) is 0 Å². The zero-order chi connectivity index (χ0) is 9.68. The molecule has 0 bridgehead atoms. The molecule has 0 aliphatic heterocycles. The van der Waals surface area contributed by atoms with Gasteiger partial charge in [0.15, 0.2) is 0 Å². The third-order valence-electron chi connectivity index (χ3n) is 1.54. The van der Waals surface area contributed by atoms with Crippen molar-refractivity contribution in [1.29, 1.82) is 0 Å². The Morgan fingerprint density at radius 3 is 2.85 bits per heavy atom. The van der Waals surface area contributed by atoms with Gasteiger partial charge in [-0.25, -0.2) is 4.39 Å². The van der Waals surface area contributed by atoms with E-state index in [0.29, 0.717) is 16.1 Å². The minimum atomic E-state index is -0.492. The first-order valence-electron chi connectivity index (χ1n) is 3.81. The van der Waals surface area contributed by atoms with Crippen LogP contribution in [0.5, 0.6) is 5.75 Å². The molecular weight excluding hydrogens is 258 g/mol. The van der Waals surface area contributed by atoms with E-state index in [2.05, 4.69) is 15.9 Å². The number of rotatable bonds is 4. The number of halogens is 3. The fraction of sp³-hybridized carbons (Fsp3) is 0.333. The van der Waals surface area contributed by atoms with E-state index in [0.717, 1.165) is 5.56 Å². The number of hydrogen-bond acceptors (Lipinski definition) is 1. The predicted octanol–water partition coefficient (Wildman–Crippen LogP) is 3.58. The predicted molar refractivity (Wildman–Crippen MR) is 55.6 cm³/mol. The quantitative estimate of drug-likeness (QED) is 0.758. The van der Waals surface area contributed by atoms with Crippen molar-refractivity contribution in [3.05, 3.63) is 28.8 Å². The Kier molecular flexibility index (Phi) is 4.53. The average Bonchev–Trinajstić information content (AvgIpc) is 2.15.